The predicted octanol–water partition coefficient (Wildman–Crippen LogP) is 5.79. The minimum atomic E-state index is -0.642. The Bertz CT molecular complexity index is 1740. The van der Waals surface area contributed by atoms with Gasteiger partial charge in [-0.3, -0.25) is 9.36 Å². The first-order valence-electron chi connectivity index (χ1n) is 12.3. The van der Waals surface area contributed by atoms with E-state index in [9.17, 15) is 9.59 Å². The SMILES string of the molecule is CCOC(=O)C1=C(C)N=c2s/c(=C\c3ccc(OCc4ccccc4Cl)cc3)c(=O)n2[C@@H]1c1ccc(Br)cc1. The minimum Gasteiger partial charge on any atom is -0.489 e. The maximum Gasteiger partial charge on any atom is 0.338 e. The first-order valence-corrected chi connectivity index (χ1v) is 14.3. The summed E-state index contributed by atoms with van der Waals surface area (Å²) >= 11 is 11.0. The summed E-state index contributed by atoms with van der Waals surface area (Å²) in [5.41, 5.74) is 3.21. The lowest BCUT2D eigenvalue weighted by molar-refractivity contribution is -0.139. The average molecular weight is 624 g/mol. The van der Waals surface area contributed by atoms with Gasteiger partial charge in [-0.1, -0.05) is 81.3 Å². The van der Waals surface area contributed by atoms with Crippen molar-refractivity contribution in [1.82, 2.24) is 4.57 Å². The Morgan fingerprint density at radius 3 is 2.51 bits per heavy atom. The molecule has 0 aliphatic carbocycles. The number of fused-ring (bicyclic) bond motifs is 1. The molecule has 0 radical (unpaired) electrons. The van der Waals surface area contributed by atoms with E-state index in [1.165, 1.54) is 11.3 Å². The van der Waals surface area contributed by atoms with Crippen LogP contribution in [0.15, 0.2) is 98.3 Å². The Morgan fingerprint density at radius 2 is 1.82 bits per heavy atom. The van der Waals surface area contributed by atoms with Gasteiger partial charge in [0.2, 0.25) is 0 Å². The Kier molecular flexibility index (Phi) is 8.16. The molecule has 1 aromatic heterocycles. The third-order valence-electron chi connectivity index (χ3n) is 6.23. The highest BCUT2D eigenvalue weighted by Crippen LogP contribution is 2.31. The van der Waals surface area contributed by atoms with Crippen LogP contribution in [0.4, 0.5) is 0 Å². The van der Waals surface area contributed by atoms with Crippen LogP contribution in [-0.2, 0) is 16.1 Å². The van der Waals surface area contributed by atoms with Gasteiger partial charge in [0.25, 0.3) is 5.56 Å². The van der Waals surface area contributed by atoms with E-state index < -0.39 is 12.0 Å². The van der Waals surface area contributed by atoms with E-state index in [2.05, 4.69) is 20.9 Å². The first-order chi connectivity index (χ1) is 18.9. The van der Waals surface area contributed by atoms with Crippen LogP contribution in [-0.4, -0.2) is 17.1 Å². The number of carbonyl (C=O) groups excluding carboxylic acids is 1. The molecule has 0 unspecified atom stereocenters. The Balaban J connectivity index is 1.50. The van der Waals surface area contributed by atoms with Crippen molar-refractivity contribution in [3.05, 3.63) is 130 Å². The number of carbonyl (C=O) groups is 1. The normalized spacial score (nSPS) is 15.1. The van der Waals surface area contributed by atoms with E-state index in [4.69, 9.17) is 21.1 Å². The summed E-state index contributed by atoms with van der Waals surface area (Å²) in [5.74, 6) is 0.215. The monoisotopic (exact) mass is 622 g/mol. The molecular formula is C30H24BrClN2O4S. The molecule has 0 N–H and O–H groups in total. The van der Waals surface area contributed by atoms with Crippen LogP contribution in [0, 0.1) is 0 Å². The molecule has 198 valence electrons. The molecule has 1 aliphatic heterocycles. The fourth-order valence-corrected chi connectivity index (χ4v) is 5.84. The van der Waals surface area contributed by atoms with Crippen LogP contribution in [0.1, 0.15) is 36.6 Å². The summed E-state index contributed by atoms with van der Waals surface area (Å²) in [6.07, 6.45) is 1.82. The number of allylic oxidation sites excluding steroid dienone is 1. The number of hydrogen-bond acceptors (Lipinski definition) is 6. The molecule has 5 rings (SSSR count). The lowest BCUT2D eigenvalue weighted by atomic mass is 9.96. The molecule has 0 bridgehead atoms. The molecule has 6 nitrogen and oxygen atoms in total. The molecule has 0 amide bonds. The smallest absolute Gasteiger partial charge is 0.338 e. The fourth-order valence-electron chi connectivity index (χ4n) is 4.34. The number of aromatic nitrogens is 1. The van der Waals surface area contributed by atoms with Crippen molar-refractivity contribution < 1.29 is 14.3 Å². The van der Waals surface area contributed by atoms with Crippen LogP contribution in [0.2, 0.25) is 5.02 Å². The lowest BCUT2D eigenvalue weighted by Gasteiger charge is -2.24. The van der Waals surface area contributed by atoms with E-state index in [0.29, 0.717) is 38.0 Å². The second-order valence-corrected chi connectivity index (χ2v) is 11.1. The molecule has 4 aromatic rings. The van der Waals surface area contributed by atoms with Crippen LogP contribution in [0.3, 0.4) is 0 Å². The van der Waals surface area contributed by atoms with Gasteiger partial charge in [-0.15, -0.1) is 0 Å². The van der Waals surface area contributed by atoms with Crippen molar-refractivity contribution in [3.63, 3.8) is 0 Å². The highest BCUT2D eigenvalue weighted by Gasteiger charge is 2.33. The molecule has 1 aliphatic rings. The van der Waals surface area contributed by atoms with Gasteiger partial charge in [-0.05, 0) is 61.4 Å². The zero-order chi connectivity index (χ0) is 27.5. The average Bonchev–Trinajstić information content (AvgIpc) is 3.23. The van der Waals surface area contributed by atoms with E-state index in [1.54, 1.807) is 18.4 Å². The molecule has 2 heterocycles. The van der Waals surface area contributed by atoms with Gasteiger partial charge < -0.3 is 9.47 Å². The van der Waals surface area contributed by atoms with Crippen molar-refractivity contribution in [2.24, 2.45) is 4.99 Å². The Morgan fingerprint density at radius 1 is 1.10 bits per heavy atom. The third-order valence-corrected chi connectivity index (χ3v) is 8.11. The molecule has 1 atom stereocenters. The van der Waals surface area contributed by atoms with E-state index >= 15 is 0 Å². The highest BCUT2D eigenvalue weighted by molar-refractivity contribution is 9.10. The maximum absolute atomic E-state index is 13.7. The van der Waals surface area contributed by atoms with Gasteiger partial charge >= 0.3 is 5.97 Å². The molecule has 9 heteroatoms. The summed E-state index contributed by atoms with van der Waals surface area (Å²) in [7, 11) is 0. The fraction of sp³-hybridized carbons (Fsp3) is 0.167. The lowest BCUT2D eigenvalue weighted by Crippen LogP contribution is -2.39. The van der Waals surface area contributed by atoms with Crippen LogP contribution < -0.4 is 19.6 Å². The minimum absolute atomic E-state index is 0.222. The van der Waals surface area contributed by atoms with Crippen molar-refractivity contribution in [2.45, 2.75) is 26.5 Å². The summed E-state index contributed by atoms with van der Waals surface area (Å²) in [5, 5.41) is 0.660. The van der Waals surface area contributed by atoms with Gasteiger partial charge in [0.15, 0.2) is 4.80 Å². The Labute approximate surface area is 242 Å². The van der Waals surface area contributed by atoms with Gasteiger partial charge in [0, 0.05) is 15.1 Å². The van der Waals surface area contributed by atoms with Crippen molar-refractivity contribution >= 4 is 50.9 Å². The van der Waals surface area contributed by atoms with Crippen molar-refractivity contribution in [1.29, 1.82) is 0 Å². The topological polar surface area (TPSA) is 69.9 Å². The summed E-state index contributed by atoms with van der Waals surface area (Å²) < 4.78 is 14.2. The third kappa shape index (κ3) is 5.78. The van der Waals surface area contributed by atoms with Gasteiger partial charge in [0.05, 0.1) is 28.5 Å². The largest absolute Gasteiger partial charge is 0.489 e. The van der Waals surface area contributed by atoms with E-state index in [1.807, 2.05) is 78.9 Å². The number of hydrogen-bond donors (Lipinski definition) is 0. The van der Waals surface area contributed by atoms with Crippen LogP contribution >= 0.6 is 38.9 Å². The van der Waals surface area contributed by atoms with Crippen molar-refractivity contribution in [2.75, 3.05) is 6.61 Å². The number of ether oxygens (including phenoxy) is 2. The number of rotatable bonds is 7. The standard InChI is InChI=1S/C30H24BrClN2O4S/c1-3-37-29(36)26-18(2)33-30-34(27(26)20-10-12-22(31)13-11-20)28(35)25(39-30)16-19-8-14-23(15-9-19)38-17-21-6-4-5-7-24(21)32/h4-16,27H,3,17H2,1-2H3/b25-16-/t27-/m1/s1. The number of esters is 1. The molecule has 39 heavy (non-hydrogen) atoms. The highest BCUT2D eigenvalue weighted by atomic mass is 79.9. The second kappa shape index (κ2) is 11.7. The quantitative estimate of drug-likeness (QED) is 0.244. The molecule has 0 spiro atoms. The summed E-state index contributed by atoms with van der Waals surface area (Å²) in [6.45, 7) is 4.11. The molecule has 0 fully saturated rings. The zero-order valence-corrected chi connectivity index (χ0v) is 24.3. The molecular weight excluding hydrogens is 600 g/mol. The van der Waals surface area contributed by atoms with Crippen molar-refractivity contribution in [3.8, 4) is 5.75 Å². The summed E-state index contributed by atoms with van der Waals surface area (Å²) in [6, 6.07) is 22.0. The first kappa shape index (κ1) is 27.1. The van der Waals surface area contributed by atoms with Gasteiger partial charge in [-0.25, -0.2) is 9.79 Å². The van der Waals surface area contributed by atoms with Crippen LogP contribution in [0.25, 0.3) is 6.08 Å². The zero-order valence-electron chi connectivity index (χ0n) is 21.2. The summed E-state index contributed by atoms with van der Waals surface area (Å²) in [4.78, 5) is 31.9. The molecule has 0 saturated carbocycles. The van der Waals surface area contributed by atoms with E-state index in [-0.39, 0.29) is 12.2 Å². The predicted molar refractivity (Wildman–Crippen MR) is 157 cm³/mol. The number of nitrogens with zero attached hydrogens (tertiary/aromatic N) is 2. The van der Waals surface area contributed by atoms with Gasteiger partial charge in [0.1, 0.15) is 12.4 Å². The second-order valence-electron chi connectivity index (χ2n) is 8.80. The maximum atomic E-state index is 13.7. The number of thiazole rings is 1. The number of halogens is 2. The van der Waals surface area contributed by atoms with E-state index in [0.717, 1.165) is 21.2 Å². The van der Waals surface area contributed by atoms with Crippen LogP contribution in [0.5, 0.6) is 5.75 Å². The van der Waals surface area contributed by atoms with Gasteiger partial charge in [-0.2, -0.15) is 0 Å². The molecule has 3 aromatic carbocycles. The number of benzene rings is 3. The molecule has 0 saturated heterocycles. The Hall–Kier alpha value is -3.46.